The number of nitrogens with zero attached hydrogens (tertiary/aromatic N) is 2. The predicted octanol–water partition coefficient (Wildman–Crippen LogP) is 2.92. The largest absolute Gasteiger partial charge is 0.349 e. The number of hydrogen-bond donors (Lipinski definition) is 0. The first-order chi connectivity index (χ1) is 6.46. The molecule has 88 valence electrons. The van der Waals surface area contributed by atoms with Crippen LogP contribution in [-0.2, 0) is 4.79 Å². The van der Waals surface area contributed by atoms with Crippen molar-refractivity contribution in [1.82, 2.24) is 4.34 Å². The van der Waals surface area contributed by atoms with E-state index in [2.05, 4.69) is 48.7 Å². The third-order valence-electron chi connectivity index (χ3n) is 2.03. The summed E-state index contributed by atoms with van der Waals surface area (Å²) in [7, 11) is -2.95. The van der Waals surface area contributed by atoms with Crippen LogP contribution in [0.1, 0.15) is 13.8 Å². The highest BCUT2D eigenvalue weighted by molar-refractivity contribution is 6.89. The Kier molecular flexibility index (Phi) is 4.48. The average Bonchev–Trinajstić information content (AvgIpc) is 1.94. The molecule has 0 N–H and O–H groups in total. The fourth-order valence-electron chi connectivity index (χ4n) is 1.53. The number of Topliss-reactive ketones (excluding diaryl/α,β-unsaturated/α-hetero) is 1. The topological polar surface area (TPSA) is 32.7 Å². The summed E-state index contributed by atoms with van der Waals surface area (Å²) in [5.41, 5.74) is 0.625. The standard InChI is InChI=1S/C10H24N2OSi2/c1-9(10(2)13)11-12(14(3,4)5)15(6,7)8/h1-8H3. The molecule has 0 atom stereocenters. The fourth-order valence-corrected chi connectivity index (χ4v) is 10.5. The zero-order valence-electron chi connectivity index (χ0n) is 11.3. The van der Waals surface area contributed by atoms with Gasteiger partial charge in [-0.3, -0.25) is 4.79 Å². The molecule has 0 rings (SSSR count). The first-order valence-electron chi connectivity index (χ1n) is 5.32. The Hall–Kier alpha value is -0.426. The van der Waals surface area contributed by atoms with E-state index in [0.717, 1.165) is 0 Å². The molecule has 0 saturated carbocycles. The van der Waals surface area contributed by atoms with Crippen LogP contribution < -0.4 is 0 Å². The molecule has 0 aliphatic carbocycles. The molecule has 0 unspecified atom stereocenters. The lowest BCUT2D eigenvalue weighted by Crippen LogP contribution is -2.56. The SMILES string of the molecule is CC(=O)C(C)=NN([Si](C)(C)C)[Si](C)(C)C. The van der Waals surface area contributed by atoms with Crippen molar-refractivity contribution in [1.29, 1.82) is 0 Å². The van der Waals surface area contributed by atoms with Crippen molar-refractivity contribution in [3.8, 4) is 0 Å². The summed E-state index contributed by atoms with van der Waals surface area (Å²) < 4.78 is 2.26. The van der Waals surface area contributed by atoms with Crippen molar-refractivity contribution in [3.05, 3.63) is 0 Å². The Bertz CT molecular complexity index is 260. The third-order valence-corrected chi connectivity index (χ3v) is 8.80. The molecule has 0 aromatic carbocycles. The Balaban J connectivity index is 5.17. The molecule has 0 aromatic heterocycles. The Morgan fingerprint density at radius 2 is 1.27 bits per heavy atom. The molecule has 0 aromatic rings. The van der Waals surface area contributed by atoms with Gasteiger partial charge in [0, 0.05) is 6.92 Å². The summed E-state index contributed by atoms with van der Waals surface area (Å²) in [4.78, 5) is 11.2. The minimum Gasteiger partial charge on any atom is -0.349 e. The smallest absolute Gasteiger partial charge is 0.175 e. The predicted molar refractivity (Wildman–Crippen MR) is 72.3 cm³/mol. The molecule has 15 heavy (non-hydrogen) atoms. The van der Waals surface area contributed by atoms with Crippen molar-refractivity contribution >= 4 is 28.0 Å². The van der Waals surface area contributed by atoms with E-state index in [4.69, 9.17) is 0 Å². The van der Waals surface area contributed by atoms with Crippen molar-refractivity contribution < 1.29 is 4.79 Å². The summed E-state index contributed by atoms with van der Waals surface area (Å²) in [6.45, 7) is 17.0. The lowest BCUT2D eigenvalue weighted by atomic mass is 10.3. The first kappa shape index (κ1) is 14.6. The monoisotopic (exact) mass is 244 g/mol. The lowest BCUT2D eigenvalue weighted by molar-refractivity contribution is -0.111. The number of rotatable bonds is 4. The molecule has 0 bridgehead atoms. The highest BCUT2D eigenvalue weighted by Crippen LogP contribution is 2.20. The molecular formula is C10H24N2OSi2. The van der Waals surface area contributed by atoms with Crippen molar-refractivity contribution in [2.45, 2.75) is 53.1 Å². The van der Waals surface area contributed by atoms with Crippen LogP contribution in [0.25, 0.3) is 0 Å². The van der Waals surface area contributed by atoms with Gasteiger partial charge in [-0.05, 0) is 6.92 Å². The number of ketones is 1. The molecule has 0 radical (unpaired) electrons. The molecule has 0 fully saturated rings. The van der Waals surface area contributed by atoms with Gasteiger partial charge in [0.15, 0.2) is 22.3 Å². The van der Waals surface area contributed by atoms with Gasteiger partial charge in [-0.1, -0.05) is 39.3 Å². The van der Waals surface area contributed by atoms with E-state index in [1.807, 2.05) is 0 Å². The molecule has 0 heterocycles. The third kappa shape index (κ3) is 4.75. The van der Waals surface area contributed by atoms with E-state index >= 15 is 0 Å². The van der Waals surface area contributed by atoms with Gasteiger partial charge in [0.2, 0.25) is 0 Å². The molecular weight excluding hydrogens is 220 g/mol. The average molecular weight is 244 g/mol. The van der Waals surface area contributed by atoms with E-state index in [9.17, 15) is 4.79 Å². The van der Waals surface area contributed by atoms with Crippen LogP contribution in [0.3, 0.4) is 0 Å². The summed E-state index contributed by atoms with van der Waals surface area (Å²) in [5, 5.41) is 4.54. The van der Waals surface area contributed by atoms with Gasteiger partial charge >= 0.3 is 0 Å². The van der Waals surface area contributed by atoms with Gasteiger partial charge in [0.05, 0.1) is 5.71 Å². The number of carbonyl (C=O) groups is 1. The van der Waals surface area contributed by atoms with Crippen molar-refractivity contribution in [2.75, 3.05) is 0 Å². The van der Waals surface area contributed by atoms with Gasteiger partial charge < -0.3 is 4.34 Å². The zero-order chi connectivity index (χ0) is 12.4. The van der Waals surface area contributed by atoms with Crippen LogP contribution in [0.15, 0.2) is 5.10 Å². The van der Waals surface area contributed by atoms with Crippen LogP contribution in [0.5, 0.6) is 0 Å². The Morgan fingerprint density at radius 3 is 1.47 bits per heavy atom. The normalized spacial score (nSPS) is 14.0. The van der Waals surface area contributed by atoms with Crippen LogP contribution in [0.4, 0.5) is 0 Å². The van der Waals surface area contributed by atoms with E-state index in [1.54, 1.807) is 13.8 Å². The number of hydrazone groups is 1. The Labute approximate surface area is 95.7 Å². The zero-order valence-corrected chi connectivity index (χ0v) is 13.3. The Morgan fingerprint density at radius 1 is 0.933 bits per heavy atom. The fraction of sp³-hybridized carbons (Fsp3) is 0.800. The van der Waals surface area contributed by atoms with E-state index in [0.29, 0.717) is 5.71 Å². The van der Waals surface area contributed by atoms with Gasteiger partial charge in [-0.2, -0.15) is 5.10 Å². The van der Waals surface area contributed by atoms with Crippen LogP contribution in [0.2, 0.25) is 39.3 Å². The van der Waals surface area contributed by atoms with Crippen molar-refractivity contribution in [2.24, 2.45) is 5.10 Å². The van der Waals surface area contributed by atoms with Gasteiger partial charge in [-0.25, -0.2) is 0 Å². The molecule has 0 aliphatic heterocycles. The maximum atomic E-state index is 11.2. The molecule has 0 aliphatic rings. The van der Waals surface area contributed by atoms with Crippen LogP contribution in [-0.4, -0.2) is 32.3 Å². The molecule has 0 spiro atoms. The highest BCUT2D eigenvalue weighted by atomic mass is 28.4. The second-order valence-corrected chi connectivity index (χ2v) is 15.9. The van der Waals surface area contributed by atoms with E-state index in [-0.39, 0.29) is 5.78 Å². The van der Waals surface area contributed by atoms with Crippen LogP contribution >= 0.6 is 0 Å². The number of carbonyl (C=O) groups excluding carboxylic acids is 1. The molecule has 5 heteroatoms. The van der Waals surface area contributed by atoms with Gasteiger partial charge in [0.1, 0.15) is 0 Å². The summed E-state index contributed by atoms with van der Waals surface area (Å²) in [6.07, 6.45) is 0. The minimum absolute atomic E-state index is 0.0662. The quantitative estimate of drug-likeness (QED) is 0.433. The van der Waals surface area contributed by atoms with Gasteiger partial charge in [0.25, 0.3) is 0 Å². The lowest BCUT2D eigenvalue weighted by Gasteiger charge is -2.41. The summed E-state index contributed by atoms with van der Waals surface area (Å²) >= 11 is 0. The van der Waals surface area contributed by atoms with Gasteiger partial charge in [-0.15, -0.1) is 0 Å². The van der Waals surface area contributed by atoms with E-state index in [1.165, 1.54) is 0 Å². The maximum Gasteiger partial charge on any atom is 0.175 e. The second kappa shape index (κ2) is 4.61. The van der Waals surface area contributed by atoms with E-state index < -0.39 is 16.5 Å². The van der Waals surface area contributed by atoms with Crippen molar-refractivity contribution in [3.63, 3.8) is 0 Å². The summed E-state index contributed by atoms with van der Waals surface area (Å²) in [5.74, 6) is 0.0662. The summed E-state index contributed by atoms with van der Waals surface area (Å²) in [6, 6.07) is 0. The highest BCUT2D eigenvalue weighted by Gasteiger charge is 2.34. The molecule has 0 saturated heterocycles. The van der Waals surface area contributed by atoms with Crippen LogP contribution in [0, 0.1) is 0 Å². The molecule has 0 amide bonds. The minimum atomic E-state index is -1.48. The maximum absolute atomic E-state index is 11.2. The number of hydrogen-bond acceptors (Lipinski definition) is 3. The second-order valence-electron chi connectivity index (χ2n) is 5.90. The first-order valence-corrected chi connectivity index (χ1v) is 12.2. The molecule has 3 nitrogen and oxygen atoms in total.